The van der Waals surface area contributed by atoms with Crippen LogP contribution in [0, 0.1) is 11.6 Å². The van der Waals surface area contributed by atoms with Gasteiger partial charge in [-0.05, 0) is 12.1 Å². The number of alkyl halides is 1. The van der Waals surface area contributed by atoms with E-state index in [1.54, 1.807) is 0 Å². The number of nitrogen functional groups attached to an aromatic ring is 1. The Morgan fingerprint density at radius 1 is 1.08 bits per heavy atom. The first-order valence-corrected chi connectivity index (χ1v) is 7.27. The van der Waals surface area contributed by atoms with Gasteiger partial charge >= 0.3 is 0 Å². The average molecular weight is 362 g/mol. The third-order valence-electron chi connectivity index (χ3n) is 3.14. The van der Waals surface area contributed by atoms with E-state index >= 15 is 0 Å². The third kappa shape index (κ3) is 3.97. The van der Waals surface area contributed by atoms with Gasteiger partial charge in [-0.1, -0.05) is 11.6 Å². The van der Waals surface area contributed by atoms with Crippen molar-refractivity contribution in [3.05, 3.63) is 46.5 Å². The highest BCUT2D eigenvalue weighted by molar-refractivity contribution is 6.33. The maximum absolute atomic E-state index is 13.9. The van der Waals surface area contributed by atoms with Gasteiger partial charge in [-0.2, -0.15) is 0 Å². The van der Waals surface area contributed by atoms with Gasteiger partial charge in [0, 0.05) is 12.1 Å². The Labute approximate surface area is 141 Å². The fourth-order valence-electron chi connectivity index (χ4n) is 1.98. The smallest absolute Gasteiger partial charge is 0.169 e. The summed E-state index contributed by atoms with van der Waals surface area (Å²) in [5, 5.41) is 0.200. The maximum Gasteiger partial charge on any atom is 0.169 e. The van der Waals surface area contributed by atoms with E-state index in [0.717, 1.165) is 6.07 Å². The van der Waals surface area contributed by atoms with Crippen molar-refractivity contribution < 1.29 is 27.4 Å². The van der Waals surface area contributed by atoms with Gasteiger partial charge in [-0.3, -0.25) is 0 Å². The van der Waals surface area contributed by atoms with Crippen LogP contribution in [0.2, 0.25) is 5.02 Å². The molecule has 0 aromatic heterocycles. The van der Waals surface area contributed by atoms with E-state index in [1.807, 2.05) is 0 Å². The number of benzene rings is 2. The van der Waals surface area contributed by atoms with Gasteiger partial charge in [0.1, 0.15) is 25.6 Å². The van der Waals surface area contributed by atoms with Crippen LogP contribution in [0.3, 0.4) is 0 Å². The van der Waals surface area contributed by atoms with Crippen LogP contribution in [0.15, 0.2) is 24.3 Å². The summed E-state index contributed by atoms with van der Waals surface area (Å²) in [4.78, 5) is 0. The molecule has 24 heavy (non-hydrogen) atoms. The molecule has 0 bridgehead atoms. The highest BCUT2D eigenvalue weighted by Crippen LogP contribution is 2.36. The molecule has 2 N–H and O–H groups in total. The molecule has 2 rings (SSSR count). The van der Waals surface area contributed by atoms with Gasteiger partial charge in [-0.25, -0.2) is 13.2 Å². The number of anilines is 1. The minimum atomic E-state index is -1.08. The molecule has 0 saturated carbocycles. The molecule has 0 fully saturated rings. The predicted molar refractivity (Wildman–Crippen MR) is 84.6 cm³/mol. The quantitative estimate of drug-likeness (QED) is 0.753. The van der Waals surface area contributed by atoms with Crippen LogP contribution in [0.1, 0.15) is 5.56 Å². The minimum Gasteiger partial charge on any atom is -0.496 e. The van der Waals surface area contributed by atoms with Crippen molar-refractivity contribution in [1.29, 1.82) is 0 Å². The lowest BCUT2D eigenvalue weighted by atomic mass is 10.2. The summed E-state index contributed by atoms with van der Waals surface area (Å²) in [5.74, 6) is -1.72. The van der Waals surface area contributed by atoms with Crippen molar-refractivity contribution in [2.24, 2.45) is 0 Å². The normalized spacial score (nSPS) is 10.5. The van der Waals surface area contributed by atoms with E-state index in [1.165, 1.54) is 25.3 Å². The molecule has 0 saturated heterocycles. The average Bonchev–Trinajstić information content (AvgIpc) is 2.57. The monoisotopic (exact) mass is 361 g/mol. The van der Waals surface area contributed by atoms with Crippen LogP contribution in [0.5, 0.6) is 17.2 Å². The van der Waals surface area contributed by atoms with Crippen LogP contribution >= 0.6 is 11.6 Å². The van der Waals surface area contributed by atoms with Gasteiger partial charge in [0.15, 0.2) is 23.1 Å². The lowest BCUT2D eigenvalue weighted by Crippen LogP contribution is -2.06. The molecule has 4 nitrogen and oxygen atoms in total. The van der Waals surface area contributed by atoms with E-state index in [2.05, 4.69) is 0 Å². The number of hydrogen-bond donors (Lipinski definition) is 1. The minimum absolute atomic E-state index is 0.109. The molecule has 0 unspecified atom stereocenters. The van der Waals surface area contributed by atoms with Crippen molar-refractivity contribution in [1.82, 2.24) is 0 Å². The van der Waals surface area contributed by atoms with Crippen LogP contribution in [0.25, 0.3) is 0 Å². The van der Waals surface area contributed by atoms with Crippen LogP contribution < -0.4 is 19.9 Å². The van der Waals surface area contributed by atoms with Crippen molar-refractivity contribution in [2.45, 2.75) is 6.61 Å². The number of methoxy groups -OCH3 is 1. The van der Waals surface area contributed by atoms with E-state index in [-0.39, 0.29) is 46.7 Å². The van der Waals surface area contributed by atoms with Gasteiger partial charge in [0.25, 0.3) is 0 Å². The largest absolute Gasteiger partial charge is 0.496 e. The number of nitrogens with two attached hydrogens (primary N) is 1. The Morgan fingerprint density at radius 3 is 2.46 bits per heavy atom. The molecule has 0 amide bonds. The Balaban J connectivity index is 2.29. The number of ether oxygens (including phenoxy) is 3. The first kappa shape index (κ1) is 18.1. The molecule has 0 atom stereocenters. The summed E-state index contributed by atoms with van der Waals surface area (Å²) in [5.41, 5.74) is 5.79. The van der Waals surface area contributed by atoms with Crippen LogP contribution in [-0.4, -0.2) is 20.4 Å². The first-order chi connectivity index (χ1) is 11.5. The summed E-state index contributed by atoms with van der Waals surface area (Å²) in [7, 11) is 1.33. The van der Waals surface area contributed by atoms with Gasteiger partial charge < -0.3 is 19.9 Å². The Kier molecular flexibility index (Phi) is 6.03. The molecule has 0 aliphatic rings. The summed E-state index contributed by atoms with van der Waals surface area (Å²) in [6.07, 6.45) is 0. The number of hydrogen-bond acceptors (Lipinski definition) is 4. The Hall–Kier alpha value is -2.28. The summed E-state index contributed by atoms with van der Waals surface area (Å²) < 4.78 is 55.3. The lowest BCUT2D eigenvalue weighted by Gasteiger charge is -2.15. The predicted octanol–water partition coefficient (Wildman–Crippen LogP) is 4.14. The maximum atomic E-state index is 13.9. The molecule has 0 spiro atoms. The van der Waals surface area contributed by atoms with E-state index in [4.69, 9.17) is 31.5 Å². The zero-order valence-electron chi connectivity index (χ0n) is 12.7. The standard InChI is InChI=1S/C16H15ClF3NO3/c1-22-13-3-2-11(19)16(20)9(13)8-24-15-7-12(21)10(17)6-14(15)23-5-4-18/h2-3,6-7H,4-5,8,21H2,1H3. The molecular weight excluding hydrogens is 347 g/mol. The zero-order valence-corrected chi connectivity index (χ0v) is 13.5. The van der Waals surface area contributed by atoms with Crippen LogP contribution in [0.4, 0.5) is 18.9 Å². The van der Waals surface area contributed by atoms with E-state index in [0.29, 0.717) is 0 Å². The lowest BCUT2D eigenvalue weighted by molar-refractivity contribution is 0.238. The second-order valence-corrected chi connectivity index (χ2v) is 5.10. The molecule has 0 radical (unpaired) electrons. The molecule has 130 valence electrons. The highest BCUT2D eigenvalue weighted by atomic mass is 35.5. The summed E-state index contributed by atoms with van der Waals surface area (Å²) in [6, 6.07) is 4.96. The Bertz CT molecular complexity index is 728. The topological polar surface area (TPSA) is 53.7 Å². The number of rotatable bonds is 7. The molecule has 2 aromatic rings. The van der Waals surface area contributed by atoms with Crippen molar-refractivity contribution in [3.63, 3.8) is 0 Å². The first-order valence-electron chi connectivity index (χ1n) is 6.89. The van der Waals surface area contributed by atoms with Crippen molar-refractivity contribution in [2.75, 3.05) is 26.1 Å². The van der Waals surface area contributed by atoms with Gasteiger partial charge in [0.05, 0.1) is 23.4 Å². The van der Waals surface area contributed by atoms with Gasteiger partial charge in [-0.15, -0.1) is 0 Å². The molecule has 2 aromatic carbocycles. The number of halogens is 4. The zero-order chi connectivity index (χ0) is 17.7. The molecule has 0 aliphatic heterocycles. The molecule has 0 heterocycles. The van der Waals surface area contributed by atoms with Crippen LogP contribution in [-0.2, 0) is 6.61 Å². The van der Waals surface area contributed by atoms with Crippen molar-refractivity contribution >= 4 is 17.3 Å². The highest BCUT2D eigenvalue weighted by Gasteiger charge is 2.17. The second kappa shape index (κ2) is 8.01. The Morgan fingerprint density at radius 2 is 1.79 bits per heavy atom. The van der Waals surface area contributed by atoms with E-state index in [9.17, 15) is 13.2 Å². The van der Waals surface area contributed by atoms with Crippen molar-refractivity contribution in [3.8, 4) is 17.2 Å². The fourth-order valence-corrected chi connectivity index (χ4v) is 2.13. The summed E-state index contributed by atoms with van der Waals surface area (Å²) >= 11 is 5.89. The van der Waals surface area contributed by atoms with Gasteiger partial charge in [0.2, 0.25) is 0 Å². The molecule has 8 heteroatoms. The third-order valence-corrected chi connectivity index (χ3v) is 3.47. The molecule has 0 aliphatic carbocycles. The van der Waals surface area contributed by atoms with E-state index < -0.39 is 18.3 Å². The summed E-state index contributed by atoms with van der Waals surface area (Å²) in [6.45, 7) is -1.28. The molecular formula is C16H15ClF3NO3. The fraction of sp³-hybridized carbons (Fsp3) is 0.250. The SMILES string of the molecule is COc1ccc(F)c(F)c1COc1cc(N)c(Cl)cc1OCCF. The second-order valence-electron chi connectivity index (χ2n) is 4.69.